The highest BCUT2D eigenvalue weighted by Crippen LogP contribution is 2.27. The normalized spacial score (nSPS) is 17.7. The van der Waals surface area contributed by atoms with Crippen LogP contribution < -0.4 is 10.6 Å². The van der Waals surface area contributed by atoms with Crippen LogP contribution >= 0.6 is 0 Å². The van der Waals surface area contributed by atoms with E-state index in [-0.39, 0.29) is 0 Å². The van der Waals surface area contributed by atoms with Crippen LogP contribution in [-0.2, 0) is 6.54 Å². The third-order valence-electron chi connectivity index (χ3n) is 3.79. The minimum Gasteiger partial charge on any atom is -0.394 e. The van der Waals surface area contributed by atoms with E-state index in [0.29, 0.717) is 6.04 Å². The van der Waals surface area contributed by atoms with Crippen molar-refractivity contribution in [1.82, 2.24) is 14.7 Å². The standard InChI is InChI=1S/C13H25N5/c1-5-18-13(12(14)11(4)15-18)17-8-6-16(7-9-17)10(2)3/h10H,5-9,14H2,1-4H3. The number of nitrogens with zero attached hydrogens (tertiary/aromatic N) is 4. The van der Waals surface area contributed by atoms with E-state index in [1.54, 1.807) is 0 Å². The number of aromatic nitrogens is 2. The molecule has 2 N–H and O–H groups in total. The first-order valence-corrected chi connectivity index (χ1v) is 6.86. The van der Waals surface area contributed by atoms with Gasteiger partial charge in [0.1, 0.15) is 0 Å². The molecule has 5 heteroatoms. The van der Waals surface area contributed by atoms with E-state index in [1.807, 2.05) is 11.6 Å². The van der Waals surface area contributed by atoms with Crippen LogP contribution in [0, 0.1) is 6.92 Å². The van der Waals surface area contributed by atoms with Crippen LogP contribution in [0.3, 0.4) is 0 Å². The topological polar surface area (TPSA) is 50.3 Å². The highest BCUT2D eigenvalue weighted by Gasteiger charge is 2.24. The summed E-state index contributed by atoms with van der Waals surface area (Å²) in [5, 5.41) is 4.49. The van der Waals surface area contributed by atoms with E-state index in [1.165, 1.54) is 0 Å². The molecule has 102 valence electrons. The molecule has 0 amide bonds. The fourth-order valence-electron chi connectivity index (χ4n) is 2.59. The molecule has 0 aromatic carbocycles. The van der Waals surface area contributed by atoms with Gasteiger partial charge in [0.25, 0.3) is 0 Å². The first-order valence-electron chi connectivity index (χ1n) is 6.86. The van der Waals surface area contributed by atoms with Gasteiger partial charge >= 0.3 is 0 Å². The quantitative estimate of drug-likeness (QED) is 0.880. The zero-order valence-corrected chi connectivity index (χ0v) is 12.0. The Morgan fingerprint density at radius 2 is 1.83 bits per heavy atom. The molecule has 1 fully saturated rings. The van der Waals surface area contributed by atoms with Gasteiger partial charge in [0, 0.05) is 38.8 Å². The van der Waals surface area contributed by atoms with Crippen molar-refractivity contribution >= 4 is 11.5 Å². The summed E-state index contributed by atoms with van der Waals surface area (Å²) in [5.74, 6) is 1.11. The highest BCUT2D eigenvalue weighted by molar-refractivity contribution is 5.66. The molecule has 5 nitrogen and oxygen atoms in total. The summed E-state index contributed by atoms with van der Waals surface area (Å²) in [7, 11) is 0. The Bertz CT molecular complexity index is 402. The number of nitrogen functional groups attached to an aromatic ring is 1. The fourth-order valence-corrected chi connectivity index (χ4v) is 2.59. The average Bonchev–Trinajstić information content (AvgIpc) is 2.65. The summed E-state index contributed by atoms with van der Waals surface area (Å²) in [5.41, 5.74) is 7.95. The van der Waals surface area contributed by atoms with Crippen LogP contribution in [0.4, 0.5) is 11.5 Å². The summed E-state index contributed by atoms with van der Waals surface area (Å²) in [4.78, 5) is 4.88. The number of nitrogens with two attached hydrogens (primary N) is 1. The number of rotatable bonds is 3. The molecule has 0 atom stereocenters. The number of hydrogen-bond donors (Lipinski definition) is 1. The smallest absolute Gasteiger partial charge is 0.150 e. The van der Waals surface area contributed by atoms with Crippen LogP contribution in [0.15, 0.2) is 0 Å². The van der Waals surface area contributed by atoms with Crippen LogP contribution in [0.1, 0.15) is 26.5 Å². The SMILES string of the molecule is CCn1nc(C)c(N)c1N1CCN(C(C)C)CC1. The average molecular weight is 251 g/mol. The molecule has 2 rings (SSSR count). The van der Waals surface area contributed by atoms with Gasteiger partial charge < -0.3 is 10.6 Å². The van der Waals surface area contributed by atoms with Crippen molar-refractivity contribution in [3.05, 3.63) is 5.69 Å². The van der Waals surface area contributed by atoms with Gasteiger partial charge in [-0.15, -0.1) is 0 Å². The summed E-state index contributed by atoms with van der Waals surface area (Å²) in [6, 6.07) is 0.627. The lowest BCUT2D eigenvalue weighted by molar-refractivity contribution is 0.208. The van der Waals surface area contributed by atoms with Crippen molar-refractivity contribution in [1.29, 1.82) is 0 Å². The molecule has 0 radical (unpaired) electrons. The van der Waals surface area contributed by atoms with Crippen molar-refractivity contribution in [2.45, 2.75) is 40.3 Å². The van der Waals surface area contributed by atoms with Gasteiger partial charge in [-0.05, 0) is 27.7 Å². The zero-order chi connectivity index (χ0) is 13.3. The number of hydrogen-bond acceptors (Lipinski definition) is 4. The van der Waals surface area contributed by atoms with Gasteiger partial charge in [-0.25, -0.2) is 4.68 Å². The second kappa shape index (κ2) is 5.18. The Kier molecular flexibility index (Phi) is 3.80. The second-order valence-corrected chi connectivity index (χ2v) is 5.26. The van der Waals surface area contributed by atoms with Crippen LogP contribution in [-0.4, -0.2) is 46.9 Å². The molecule has 1 aromatic rings. The number of anilines is 2. The minimum atomic E-state index is 0.627. The molecule has 0 unspecified atom stereocenters. The molecule has 0 saturated carbocycles. The zero-order valence-electron chi connectivity index (χ0n) is 12.0. The van der Waals surface area contributed by atoms with Crippen LogP contribution in [0.5, 0.6) is 0 Å². The third-order valence-corrected chi connectivity index (χ3v) is 3.79. The maximum atomic E-state index is 6.17. The van der Waals surface area contributed by atoms with Gasteiger partial charge in [0.2, 0.25) is 0 Å². The van der Waals surface area contributed by atoms with E-state index in [4.69, 9.17) is 5.73 Å². The van der Waals surface area contributed by atoms with Gasteiger partial charge in [0.15, 0.2) is 5.82 Å². The summed E-state index contributed by atoms with van der Waals surface area (Å²) >= 11 is 0. The predicted octanol–water partition coefficient (Wildman–Crippen LogP) is 1.32. The number of piperazine rings is 1. The maximum absolute atomic E-state index is 6.17. The Balaban J connectivity index is 2.14. The molecule has 2 heterocycles. The Hall–Kier alpha value is -1.23. The van der Waals surface area contributed by atoms with Crippen molar-refractivity contribution in [2.75, 3.05) is 36.8 Å². The van der Waals surface area contributed by atoms with Gasteiger partial charge in [0.05, 0.1) is 11.4 Å². The highest BCUT2D eigenvalue weighted by atomic mass is 15.4. The Morgan fingerprint density at radius 3 is 2.33 bits per heavy atom. The van der Waals surface area contributed by atoms with Crippen LogP contribution in [0.25, 0.3) is 0 Å². The summed E-state index contributed by atoms with van der Waals surface area (Å²) in [6.45, 7) is 13.7. The lowest BCUT2D eigenvalue weighted by atomic mass is 10.2. The minimum absolute atomic E-state index is 0.627. The molecule has 18 heavy (non-hydrogen) atoms. The molecular weight excluding hydrogens is 226 g/mol. The summed E-state index contributed by atoms with van der Waals surface area (Å²) in [6.07, 6.45) is 0. The Morgan fingerprint density at radius 1 is 1.22 bits per heavy atom. The number of aryl methyl sites for hydroxylation is 2. The monoisotopic (exact) mass is 251 g/mol. The van der Waals surface area contributed by atoms with E-state index >= 15 is 0 Å². The van der Waals surface area contributed by atoms with Gasteiger partial charge in [-0.1, -0.05) is 0 Å². The molecule has 1 saturated heterocycles. The molecule has 1 aromatic heterocycles. The molecule has 0 aliphatic carbocycles. The Labute approximate surface area is 110 Å². The largest absolute Gasteiger partial charge is 0.394 e. The first-order chi connectivity index (χ1) is 8.54. The van der Waals surface area contributed by atoms with Crippen molar-refractivity contribution in [3.63, 3.8) is 0 Å². The van der Waals surface area contributed by atoms with Crippen molar-refractivity contribution in [2.24, 2.45) is 0 Å². The molecular formula is C13H25N5. The lowest BCUT2D eigenvalue weighted by Crippen LogP contribution is -2.49. The molecule has 1 aliphatic rings. The first kappa shape index (κ1) is 13.2. The van der Waals surface area contributed by atoms with E-state index in [9.17, 15) is 0 Å². The van der Waals surface area contributed by atoms with Crippen LogP contribution in [0.2, 0.25) is 0 Å². The predicted molar refractivity (Wildman–Crippen MR) is 76.0 cm³/mol. The molecule has 0 bridgehead atoms. The summed E-state index contributed by atoms with van der Waals surface area (Å²) < 4.78 is 2.02. The maximum Gasteiger partial charge on any atom is 0.150 e. The van der Waals surface area contributed by atoms with Crippen molar-refractivity contribution < 1.29 is 0 Å². The lowest BCUT2D eigenvalue weighted by Gasteiger charge is -2.38. The second-order valence-electron chi connectivity index (χ2n) is 5.26. The van der Waals surface area contributed by atoms with Gasteiger partial charge in [-0.2, -0.15) is 5.10 Å². The van der Waals surface area contributed by atoms with E-state index in [0.717, 1.165) is 49.9 Å². The van der Waals surface area contributed by atoms with Crippen molar-refractivity contribution in [3.8, 4) is 0 Å². The molecule has 0 spiro atoms. The van der Waals surface area contributed by atoms with E-state index in [2.05, 4.69) is 35.7 Å². The van der Waals surface area contributed by atoms with Gasteiger partial charge in [-0.3, -0.25) is 4.90 Å². The third kappa shape index (κ3) is 2.32. The fraction of sp³-hybridized carbons (Fsp3) is 0.769. The molecule has 1 aliphatic heterocycles. The van der Waals surface area contributed by atoms with E-state index < -0.39 is 0 Å².